The lowest BCUT2D eigenvalue weighted by Gasteiger charge is -2.20. The number of rotatable bonds is 9. The molecule has 7 nitrogen and oxygen atoms in total. The number of hydrogen-bond donors (Lipinski definition) is 3. The number of halogens is 1. The van der Waals surface area contributed by atoms with Crippen molar-refractivity contribution in [1.29, 1.82) is 0 Å². The van der Waals surface area contributed by atoms with Gasteiger partial charge in [0.1, 0.15) is 11.4 Å². The largest absolute Gasteiger partial charge is 0.508 e. The predicted molar refractivity (Wildman–Crippen MR) is 143 cm³/mol. The van der Waals surface area contributed by atoms with E-state index in [0.717, 1.165) is 24.3 Å². The van der Waals surface area contributed by atoms with Crippen LogP contribution in [-0.4, -0.2) is 36.2 Å². The van der Waals surface area contributed by atoms with Crippen molar-refractivity contribution in [2.45, 2.75) is 13.8 Å². The van der Waals surface area contributed by atoms with Gasteiger partial charge in [0, 0.05) is 34.4 Å². The van der Waals surface area contributed by atoms with Gasteiger partial charge in [-0.25, -0.2) is 5.43 Å². The number of benzene rings is 3. The van der Waals surface area contributed by atoms with E-state index >= 15 is 0 Å². The molecule has 0 unspecified atom stereocenters. The number of aromatic hydroxyl groups is 1. The molecule has 0 radical (unpaired) electrons. The van der Waals surface area contributed by atoms with Gasteiger partial charge in [0.15, 0.2) is 0 Å². The summed E-state index contributed by atoms with van der Waals surface area (Å²) in [6.07, 6.45) is 3.00. The summed E-state index contributed by atoms with van der Waals surface area (Å²) in [5.41, 5.74) is 5.31. The molecule has 2 amide bonds. The van der Waals surface area contributed by atoms with E-state index in [1.807, 2.05) is 30.3 Å². The Hall–Kier alpha value is -3.91. The molecule has 0 aromatic heterocycles. The lowest BCUT2D eigenvalue weighted by atomic mass is 10.1. The Morgan fingerprint density at radius 1 is 1.00 bits per heavy atom. The highest BCUT2D eigenvalue weighted by atomic mass is 79.9. The second-order valence-corrected chi connectivity index (χ2v) is 8.40. The molecular weight excluding hydrogens is 508 g/mol. The van der Waals surface area contributed by atoms with Crippen LogP contribution in [0.1, 0.15) is 35.3 Å². The third-order valence-electron chi connectivity index (χ3n) is 5.21. The summed E-state index contributed by atoms with van der Waals surface area (Å²) in [6, 6.07) is 21.1. The number of nitrogens with one attached hydrogen (secondary N) is 2. The molecular formula is C27H27BrN4O3. The van der Waals surface area contributed by atoms with E-state index in [9.17, 15) is 14.7 Å². The van der Waals surface area contributed by atoms with Gasteiger partial charge in [0.2, 0.25) is 0 Å². The maximum Gasteiger partial charge on any atom is 0.287 e. The van der Waals surface area contributed by atoms with Crippen LogP contribution in [0.15, 0.2) is 88.1 Å². The lowest BCUT2D eigenvalue weighted by Crippen LogP contribution is -2.32. The van der Waals surface area contributed by atoms with Crippen molar-refractivity contribution >= 4 is 45.7 Å². The summed E-state index contributed by atoms with van der Waals surface area (Å²) < 4.78 is 0.703. The van der Waals surface area contributed by atoms with Crippen LogP contribution in [0, 0.1) is 0 Å². The molecule has 0 saturated heterocycles. The quantitative estimate of drug-likeness (QED) is 0.206. The average molecular weight is 535 g/mol. The smallest absolute Gasteiger partial charge is 0.287 e. The van der Waals surface area contributed by atoms with Crippen molar-refractivity contribution in [3.8, 4) is 5.75 Å². The minimum atomic E-state index is -0.588. The van der Waals surface area contributed by atoms with Crippen molar-refractivity contribution in [3.63, 3.8) is 0 Å². The molecule has 0 aliphatic rings. The Bertz CT molecular complexity index is 1220. The molecule has 0 heterocycles. The van der Waals surface area contributed by atoms with Crippen LogP contribution in [-0.2, 0) is 4.79 Å². The van der Waals surface area contributed by atoms with E-state index in [0.29, 0.717) is 15.6 Å². The number of nitrogens with zero attached hydrogens (tertiary/aromatic N) is 2. The zero-order valence-corrected chi connectivity index (χ0v) is 21.1. The Balaban J connectivity index is 1.84. The fraction of sp³-hybridized carbons (Fsp3) is 0.148. The number of carbonyl (C=O) groups excluding carboxylic acids is 2. The summed E-state index contributed by atoms with van der Waals surface area (Å²) in [5.74, 6) is -0.925. The van der Waals surface area contributed by atoms with Crippen LogP contribution >= 0.6 is 15.9 Å². The van der Waals surface area contributed by atoms with Crippen LogP contribution in [0.25, 0.3) is 6.08 Å². The highest BCUT2D eigenvalue weighted by molar-refractivity contribution is 9.10. The molecule has 0 aliphatic carbocycles. The van der Waals surface area contributed by atoms with Gasteiger partial charge in [0.25, 0.3) is 11.8 Å². The van der Waals surface area contributed by atoms with E-state index < -0.39 is 11.8 Å². The van der Waals surface area contributed by atoms with Crippen LogP contribution in [0.4, 0.5) is 5.69 Å². The SMILES string of the molecule is CCN(CC)c1ccc(/C=C(\NC(=O)c2ccccc2)C(=O)N/N=C/c2cc(O)ccc2Br)cc1. The Labute approximate surface area is 213 Å². The predicted octanol–water partition coefficient (Wildman–Crippen LogP) is 4.92. The van der Waals surface area contributed by atoms with E-state index in [4.69, 9.17) is 0 Å². The van der Waals surface area contributed by atoms with Crippen molar-refractivity contribution < 1.29 is 14.7 Å². The topological polar surface area (TPSA) is 94.0 Å². The number of anilines is 1. The van der Waals surface area contributed by atoms with Gasteiger partial charge >= 0.3 is 0 Å². The molecule has 0 bridgehead atoms. The first-order valence-electron chi connectivity index (χ1n) is 11.2. The third kappa shape index (κ3) is 7.28. The summed E-state index contributed by atoms with van der Waals surface area (Å²) in [7, 11) is 0. The van der Waals surface area contributed by atoms with Crippen LogP contribution in [0.2, 0.25) is 0 Å². The molecule has 3 aromatic carbocycles. The molecule has 0 aliphatic heterocycles. The first-order chi connectivity index (χ1) is 16.9. The second kappa shape index (κ2) is 12.5. The number of phenolic OH excluding ortho intramolecular Hbond substituents is 1. The fourth-order valence-corrected chi connectivity index (χ4v) is 3.68. The fourth-order valence-electron chi connectivity index (χ4n) is 3.33. The van der Waals surface area contributed by atoms with Crippen molar-refractivity contribution in [1.82, 2.24) is 10.7 Å². The maximum atomic E-state index is 12.9. The zero-order valence-electron chi connectivity index (χ0n) is 19.5. The molecule has 0 saturated carbocycles. The molecule has 0 fully saturated rings. The van der Waals surface area contributed by atoms with E-state index in [1.54, 1.807) is 36.4 Å². The number of amides is 2. The minimum Gasteiger partial charge on any atom is -0.508 e. The van der Waals surface area contributed by atoms with Gasteiger partial charge in [-0.05, 0) is 68.0 Å². The van der Waals surface area contributed by atoms with E-state index in [1.165, 1.54) is 18.3 Å². The van der Waals surface area contributed by atoms with Gasteiger partial charge in [-0.1, -0.05) is 46.3 Å². The summed E-state index contributed by atoms with van der Waals surface area (Å²) in [6.45, 7) is 5.96. The van der Waals surface area contributed by atoms with Crippen LogP contribution < -0.4 is 15.6 Å². The number of hydrogen-bond acceptors (Lipinski definition) is 5. The standard InChI is InChI=1S/C27H27BrN4O3/c1-3-32(4-2)22-12-10-19(11-13-22)16-25(30-26(34)20-8-6-5-7-9-20)27(35)31-29-18-21-17-23(33)14-15-24(21)28/h5-18,33H,3-4H2,1-2H3,(H,30,34)(H,31,35)/b25-16-,29-18+. The Morgan fingerprint density at radius 2 is 1.69 bits per heavy atom. The zero-order chi connectivity index (χ0) is 25.2. The molecule has 180 valence electrons. The van der Waals surface area contributed by atoms with Crippen molar-refractivity contribution in [2.75, 3.05) is 18.0 Å². The first kappa shape index (κ1) is 25.7. The molecule has 0 spiro atoms. The third-order valence-corrected chi connectivity index (χ3v) is 5.93. The molecule has 8 heteroatoms. The first-order valence-corrected chi connectivity index (χ1v) is 12.0. The van der Waals surface area contributed by atoms with Crippen LogP contribution in [0.5, 0.6) is 5.75 Å². The van der Waals surface area contributed by atoms with Crippen molar-refractivity contribution in [3.05, 3.63) is 99.7 Å². The second-order valence-electron chi connectivity index (χ2n) is 7.55. The van der Waals surface area contributed by atoms with Gasteiger partial charge in [-0.3, -0.25) is 9.59 Å². The number of phenols is 1. The molecule has 3 aromatic rings. The van der Waals surface area contributed by atoms with Crippen LogP contribution in [0.3, 0.4) is 0 Å². The summed E-state index contributed by atoms with van der Waals surface area (Å²) in [5, 5.41) is 16.3. The Morgan fingerprint density at radius 3 is 2.34 bits per heavy atom. The van der Waals surface area contributed by atoms with Gasteiger partial charge in [-0.2, -0.15) is 5.10 Å². The van der Waals surface area contributed by atoms with Gasteiger partial charge < -0.3 is 15.3 Å². The number of hydrazone groups is 1. The van der Waals surface area contributed by atoms with Crippen molar-refractivity contribution in [2.24, 2.45) is 5.10 Å². The van der Waals surface area contributed by atoms with Gasteiger partial charge in [0.05, 0.1) is 6.21 Å². The summed E-state index contributed by atoms with van der Waals surface area (Å²) >= 11 is 3.37. The molecule has 0 atom stereocenters. The average Bonchev–Trinajstić information content (AvgIpc) is 2.87. The summed E-state index contributed by atoms with van der Waals surface area (Å²) in [4.78, 5) is 27.9. The Kier molecular flexibility index (Phi) is 9.20. The highest BCUT2D eigenvalue weighted by Gasteiger charge is 2.14. The monoisotopic (exact) mass is 534 g/mol. The molecule has 3 rings (SSSR count). The minimum absolute atomic E-state index is 0.0431. The maximum absolute atomic E-state index is 12.9. The van der Waals surface area contributed by atoms with E-state index in [2.05, 4.69) is 50.5 Å². The molecule has 3 N–H and O–H groups in total. The molecule has 35 heavy (non-hydrogen) atoms. The number of carbonyl (C=O) groups is 2. The van der Waals surface area contributed by atoms with E-state index in [-0.39, 0.29) is 11.4 Å². The normalized spacial score (nSPS) is 11.3. The highest BCUT2D eigenvalue weighted by Crippen LogP contribution is 2.20. The lowest BCUT2D eigenvalue weighted by molar-refractivity contribution is -0.117. The van der Waals surface area contributed by atoms with Gasteiger partial charge in [-0.15, -0.1) is 0 Å².